The molecule has 0 amide bonds. The lowest BCUT2D eigenvalue weighted by Crippen LogP contribution is -2.10. The molecule has 2 unspecified atom stereocenters. The van der Waals surface area contributed by atoms with Crippen LogP contribution in [0.15, 0.2) is 30.3 Å². The van der Waals surface area contributed by atoms with Gasteiger partial charge in [0.1, 0.15) is 0 Å². The van der Waals surface area contributed by atoms with E-state index in [2.05, 4.69) is 51.1 Å². The molecule has 0 fully saturated rings. The highest BCUT2D eigenvalue weighted by molar-refractivity contribution is 5.20. The third-order valence-corrected chi connectivity index (χ3v) is 4.03. The third-order valence-electron chi connectivity index (χ3n) is 4.03. The van der Waals surface area contributed by atoms with Crippen LogP contribution in [0.1, 0.15) is 77.2 Å². The summed E-state index contributed by atoms with van der Waals surface area (Å²) in [6, 6.07) is 11.1. The number of hydrogen-bond acceptors (Lipinski definition) is 0. The van der Waals surface area contributed by atoms with Crippen molar-refractivity contribution in [1.82, 2.24) is 0 Å². The molecule has 0 N–H and O–H groups in total. The molecule has 102 valence electrons. The smallest absolute Gasteiger partial charge is 0.0136 e. The molecule has 0 spiro atoms. The van der Waals surface area contributed by atoms with Crippen LogP contribution in [-0.4, -0.2) is 0 Å². The zero-order valence-electron chi connectivity index (χ0n) is 12.5. The van der Waals surface area contributed by atoms with Gasteiger partial charge in [-0.15, -0.1) is 0 Å². The van der Waals surface area contributed by atoms with Crippen molar-refractivity contribution < 1.29 is 0 Å². The highest BCUT2D eigenvalue weighted by Gasteiger charge is 2.17. The zero-order valence-corrected chi connectivity index (χ0v) is 12.5. The first-order chi connectivity index (χ1) is 8.79. The van der Waals surface area contributed by atoms with Gasteiger partial charge in [0.05, 0.1) is 0 Å². The Morgan fingerprint density at radius 2 is 1.56 bits per heavy atom. The van der Waals surface area contributed by atoms with Crippen LogP contribution in [0.3, 0.4) is 0 Å². The summed E-state index contributed by atoms with van der Waals surface area (Å²) in [5, 5.41) is 0. The van der Waals surface area contributed by atoms with Crippen molar-refractivity contribution in [2.45, 2.75) is 71.6 Å². The van der Waals surface area contributed by atoms with Crippen LogP contribution in [0.4, 0.5) is 0 Å². The molecule has 0 aromatic heterocycles. The largest absolute Gasteiger partial charge is 0.0654 e. The Kier molecular flexibility index (Phi) is 7.80. The lowest BCUT2D eigenvalue weighted by molar-refractivity contribution is 0.390. The first-order valence-corrected chi connectivity index (χ1v) is 7.84. The molecule has 0 saturated carbocycles. The fourth-order valence-electron chi connectivity index (χ4n) is 2.93. The highest BCUT2D eigenvalue weighted by atomic mass is 14.2. The number of rotatable bonds is 9. The Morgan fingerprint density at radius 1 is 0.833 bits per heavy atom. The van der Waals surface area contributed by atoms with Gasteiger partial charge in [-0.3, -0.25) is 0 Å². The average molecular weight is 246 g/mol. The van der Waals surface area contributed by atoms with Crippen molar-refractivity contribution in [2.75, 3.05) is 0 Å². The van der Waals surface area contributed by atoms with E-state index in [0.717, 1.165) is 11.8 Å². The Labute approximate surface area is 114 Å². The van der Waals surface area contributed by atoms with Crippen molar-refractivity contribution in [2.24, 2.45) is 5.92 Å². The molecule has 0 aliphatic carbocycles. The van der Waals surface area contributed by atoms with Crippen molar-refractivity contribution in [1.29, 1.82) is 0 Å². The Morgan fingerprint density at radius 3 is 2.17 bits per heavy atom. The normalized spacial score (nSPS) is 14.4. The average Bonchev–Trinajstić information content (AvgIpc) is 2.40. The van der Waals surface area contributed by atoms with E-state index < -0.39 is 0 Å². The van der Waals surface area contributed by atoms with Crippen molar-refractivity contribution in [3.05, 3.63) is 35.9 Å². The Hall–Kier alpha value is -0.780. The molecule has 18 heavy (non-hydrogen) atoms. The predicted molar refractivity (Wildman–Crippen MR) is 82.0 cm³/mol. The molecule has 0 aliphatic heterocycles. The van der Waals surface area contributed by atoms with Crippen molar-refractivity contribution in [3.63, 3.8) is 0 Å². The summed E-state index contributed by atoms with van der Waals surface area (Å²) in [6.45, 7) is 7.02. The van der Waals surface area contributed by atoms with Crippen molar-refractivity contribution >= 4 is 0 Å². The Bertz CT molecular complexity index is 288. The maximum Gasteiger partial charge on any atom is -0.0136 e. The van der Waals surface area contributed by atoms with Gasteiger partial charge in [0.15, 0.2) is 0 Å². The van der Waals surface area contributed by atoms with Crippen LogP contribution in [0, 0.1) is 5.92 Å². The molecule has 0 aliphatic rings. The fourth-order valence-corrected chi connectivity index (χ4v) is 2.93. The van der Waals surface area contributed by atoms with Gasteiger partial charge in [-0.2, -0.15) is 0 Å². The minimum atomic E-state index is 0.767. The standard InChI is InChI=1S/C18H30/c1-4-6-7-11-15-18(16(3)12-5-2)17-13-9-8-10-14-17/h8-10,13-14,16,18H,4-7,11-12,15H2,1-3H3. The van der Waals surface area contributed by atoms with E-state index in [9.17, 15) is 0 Å². The Balaban J connectivity index is 2.58. The van der Waals surface area contributed by atoms with Crippen LogP contribution in [0.25, 0.3) is 0 Å². The van der Waals surface area contributed by atoms with Crippen LogP contribution in [0.2, 0.25) is 0 Å². The molecule has 0 heteroatoms. The zero-order chi connectivity index (χ0) is 13.2. The summed E-state index contributed by atoms with van der Waals surface area (Å²) in [5.41, 5.74) is 1.55. The van der Waals surface area contributed by atoms with Gasteiger partial charge in [0.25, 0.3) is 0 Å². The topological polar surface area (TPSA) is 0 Å². The molecule has 0 heterocycles. The van der Waals surface area contributed by atoms with Gasteiger partial charge in [0.2, 0.25) is 0 Å². The summed E-state index contributed by atoms with van der Waals surface area (Å²) in [7, 11) is 0. The van der Waals surface area contributed by atoms with Gasteiger partial charge >= 0.3 is 0 Å². The third kappa shape index (κ3) is 5.25. The minimum absolute atomic E-state index is 0.767. The molecule has 1 aromatic rings. The lowest BCUT2D eigenvalue weighted by atomic mass is 9.81. The monoisotopic (exact) mass is 246 g/mol. The maximum absolute atomic E-state index is 2.43. The molecule has 1 rings (SSSR count). The van der Waals surface area contributed by atoms with Gasteiger partial charge < -0.3 is 0 Å². The molecule has 0 radical (unpaired) electrons. The molecular weight excluding hydrogens is 216 g/mol. The van der Waals surface area contributed by atoms with E-state index in [1.165, 1.54) is 44.9 Å². The summed E-state index contributed by atoms with van der Waals surface area (Å²) >= 11 is 0. The summed E-state index contributed by atoms with van der Waals surface area (Å²) < 4.78 is 0. The van der Waals surface area contributed by atoms with Gasteiger partial charge in [-0.25, -0.2) is 0 Å². The maximum atomic E-state index is 2.43. The first-order valence-electron chi connectivity index (χ1n) is 7.84. The molecule has 0 bridgehead atoms. The number of unbranched alkanes of at least 4 members (excludes halogenated alkanes) is 3. The van der Waals surface area contributed by atoms with E-state index in [1.54, 1.807) is 5.56 Å². The van der Waals surface area contributed by atoms with Gasteiger partial charge in [0, 0.05) is 0 Å². The number of benzene rings is 1. The van der Waals surface area contributed by atoms with Crippen LogP contribution in [0.5, 0.6) is 0 Å². The predicted octanol–water partition coefficient (Wildman–Crippen LogP) is 6.18. The van der Waals surface area contributed by atoms with E-state index in [0.29, 0.717) is 0 Å². The summed E-state index contributed by atoms with van der Waals surface area (Å²) in [4.78, 5) is 0. The second kappa shape index (κ2) is 9.19. The summed E-state index contributed by atoms with van der Waals surface area (Å²) in [6.07, 6.45) is 9.54. The summed E-state index contributed by atoms with van der Waals surface area (Å²) in [5.74, 6) is 1.59. The molecule has 0 saturated heterocycles. The second-order valence-corrected chi connectivity index (χ2v) is 5.63. The first kappa shape index (κ1) is 15.3. The van der Waals surface area contributed by atoms with E-state index in [4.69, 9.17) is 0 Å². The molecule has 1 aromatic carbocycles. The highest BCUT2D eigenvalue weighted by Crippen LogP contribution is 2.32. The van der Waals surface area contributed by atoms with Crippen LogP contribution >= 0.6 is 0 Å². The quantitative estimate of drug-likeness (QED) is 0.457. The van der Waals surface area contributed by atoms with E-state index >= 15 is 0 Å². The van der Waals surface area contributed by atoms with Crippen LogP contribution in [-0.2, 0) is 0 Å². The van der Waals surface area contributed by atoms with Gasteiger partial charge in [-0.1, -0.05) is 89.6 Å². The number of hydrogen-bond donors (Lipinski definition) is 0. The van der Waals surface area contributed by atoms with Crippen molar-refractivity contribution in [3.8, 4) is 0 Å². The molecule has 0 nitrogen and oxygen atoms in total. The molecule has 2 atom stereocenters. The van der Waals surface area contributed by atoms with Gasteiger partial charge in [-0.05, 0) is 23.8 Å². The minimum Gasteiger partial charge on any atom is -0.0654 e. The second-order valence-electron chi connectivity index (χ2n) is 5.63. The lowest BCUT2D eigenvalue weighted by Gasteiger charge is -2.24. The van der Waals surface area contributed by atoms with E-state index in [1.807, 2.05) is 0 Å². The van der Waals surface area contributed by atoms with Crippen LogP contribution < -0.4 is 0 Å². The SMILES string of the molecule is CCCCCCC(c1ccccc1)C(C)CCC. The fraction of sp³-hybridized carbons (Fsp3) is 0.667. The van der Waals surface area contributed by atoms with E-state index in [-0.39, 0.29) is 0 Å². The molecular formula is C18H30.